The van der Waals surface area contributed by atoms with Crippen molar-refractivity contribution in [2.45, 2.75) is 0 Å². The topological polar surface area (TPSA) is 75.9 Å². The van der Waals surface area contributed by atoms with Crippen molar-refractivity contribution in [1.29, 1.82) is 0 Å². The van der Waals surface area contributed by atoms with E-state index in [0.717, 1.165) is 11.1 Å². The number of hydrogen-bond acceptors (Lipinski definition) is 2. The largest absolute Gasteiger partial charge is 0.576 e. The van der Waals surface area contributed by atoms with Crippen LogP contribution >= 0.6 is 0 Å². The molecule has 5 heteroatoms. The van der Waals surface area contributed by atoms with Gasteiger partial charge in [0.25, 0.3) is 0 Å². The quantitative estimate of drug-likeness (QED) is 0.906. The van der Waals surface area contributed by atoms with Gasteiger partial charge in [0.05, 0.1) is 22.3 Å². The lowest BCUT2D eigenvalue weighted by Gasteiger charge is -2.24. The molecule has 0 saturated heterocycles. The molecule has 3 N–H and O–H groups in total. The number of sulfonamides is 1. The molecule has 0 radical (unpaired) electrons. The van der Waals surface area contributed by atoms with Gasteiger partial charge in [-0.25, -0.2) is 8.42 Å². The maximum absolute atomic E-state index is 11.8. The van der Waals surface area contributed by atoms with E-state index in [1.54, 1.807) is 12.1 Å². The van der Waals surface area contributed by atoms with E-state index in [0.29, 0.717) is 12.2 Å². The van der Waals surface area contributed by atoms with Crippen LogP contribution in [0, 0.1) is 0 Å². The second-order valence-corrected chi connectivity index (χ2v) is 5.87. The molecular formula is C14H16N2O2S. The highest BCUT2D eigenvalue weighted by Crippen LogP contribution is 2.34. The number of nitrogens with zero attached hydrogens (tertiary/aromatic N) is 1. The molecular weight excluding hydrogens is 260 g/mol. The van der Waals surface area contributed by atoms with Crippen LogP contribution in [0.25, 0.3) is 15.8 Å². The van der Waals surface area contributed by atoms with Gasteiger partial charge in [0.2, 0.25) is 0 Å². The van der Waals surface area contributed by atoms with Crippen molar-refractivity contribution in [2.75, 3.05) is 12.3 Å². The van der Waals surface area contributed by atoms with Gasteiger partial charge in [-0.2, -0.15) is 0 Å². The maximum Gasteiger partial charge on any atom is 0.0993 e. The van der Waals surface area contributed by atoms with Crippen molar-refractivity contribution < 1.29 is 14.2 Å². The summed E-state index contributed by atoms with van der Waals surface area (Å²) in [5.41, 5.74) is 5.79. The lowest BCUT2D eigenvalue weighted by molar-refractivity contribution is -0.360. The minimum atomic E-state index is -3.45. The minimum Gasteiger partial charge on any atom is -0.576 e. The molecule has 4 nitrogen and oxygen atoms in total. The van der Waals surface area contributed by atoms with Crippen LogP contribution in [0.2, 0.25) is 0 Å². The molecule has 0 atom stereocenters. The molecule has 0 aliphatic rings. The summed E-state index contributed by atoms with van der Waals surface area (Å²) in [6, 6.07) is 16.8. The lowest BCUT2D eigenvalue weighted by Crippen LogP contribution is -2.52. The van der Waals surface area contributed by atoms with Crippen LogP contribution in [-0.4, -0.2) is 20.7 Å². The van der Waals surface area contributed by atoms with Crippen LogP contribution in [0.3, 0.4) is 0 Å². The Hall–Kier alpha value is -1.85. The molecule has 0 spiro atoms. The first-order chi connectivity index (χ1) is 9.12. The van der Waals surface area contributed by atoms with E-state index >= 15 is 0 Å². The Labute approximate surface area is 113 Å². The van der Waals surface area contributed by atoms with Gasteiger partial charge >= 0.3 is 0 Å². The van der Waals surface area contributed by atoms with Gasteiger partial charge in [-0.1, -0.05) is 54.6 Å². The van der Waals surface area contributed by atoms with Gasteiger partial charge in [-0.15, -0.1) is 5.69 Å². The van der Waals surface area contributed by atoms with Crippen LogP contribution in [0.15, 0.2) is 54.6 Å². The third-order valence-corrected chi connectivity index (χ3v) is 3.91. The third kappa shape index (κ3) is 3.56. The molecule has 2 rings (SSSR count). The third-order valence-electron chi connectivity index (χ3n) is 2.63. The fourth-order valence-corrected chi connectivity index (χ4v) is 2.71. The zero-order valence-corrected chi connectivity index (χ0v) is 11.3. The van der Waals surface area contributed by atoms with Gasteiger partial charge < -0.3 is 10.5 Å². The SMILES string of the molecule is [NH3+]CCS(=O)(=O)[N-]c1ccccc1-c1ccccc1. The van der Waals surface area contributed by atoms with E-state index in [2.05, 4.69) is 10.5 Å². The van der Waals surface area contributed by atoms with E-state index < -0.39 is 10.0 Å². The average molecular weight is 276 g/mol. The first-order valence-corrected chi connectivity index (χ1v) is 7.63. The molecule has 0 aliphatic heterocycles. The molecule has 100 valence electrons. The lowest BCUT2D eigenvalue weighted by atomic mass is 10.0. The second-order valence-electron chi connectivity index (χ2n) is 4.11. The summed E-state index contributed by atoms with van der Waals surface area (Å²) < 4.78 is 27.4. The summed E-state index contributed by atoms with van der Waals surface area (Å²) >= 11 is 0. The van der Waals surface area contributed by atoms with Gasteiger partial charge in [0.15, 0.2) is 0 Å². The Morgan fingerprint density at radius 2 is 1.58 bits per heavy atom. The highest BCUT2D eigenvalue weighted by Gasteiger charge is 2.03. The van der Waals surface area contributed by atoms with E-state index in [4.69, 9.17) is 0 Å². The molecule has 0 aliphatic carbocycles. The smallest absolute Gasteiger partial charge is 0.0993 e. The Morgan fingerprint density at radius 1 is 0.947 bits per heavy atom. The van der Waals surface area contributed by atoms with Crippen molar-refractivity contribution >= 4 is 15.7 Å². The van der Waals surface area contributed by atoms with E-state index in [-0.39, 0.29) is 5.75 Å². The van der Waals surface area contributed by atoms with Crippen LogP contribution in [0.1, 0.15) is 0 Å². The van der Waals surface area contributed by atoms with Crippen LogP contribution < -0.4 is 5.73 Å². The molecule has 2 aromatic rings. The maximum atomic E-state index is 11.8. The summed E-state index contributed by atoms with van der Waals surface area (Å²) in [7, 11) is -3.45. The standard InChI is InChI=1S/C14H15N2O2S/c15-10-11-19(17,18)16-14-9-5-4-8-13(14)12-6-2-1-3-7-12/h1-9H,10-11,15H2/q-1/p+1. The fraction of sp³-hybridized carbons (Fsp3) is 0.143. The predicted molar refractivity (Wildman–Crippen MR) is 76.4 cm³/mol. The Morgan fingerprint density at radius 3 is 2.26 bits per heavy atom. The molecule has 0 aromatic heterocycles. The monoisotopic (exact) mass is 276 g/mol. The zero-order valence-electron chi connectivity index (χ0n) is 10.5. The summed E-state index contributed by atoms with van der Waals surface area (Å²) in [6.45, 7) is 0.319. The number of quaternary nitrogens is 1. The van der Waals surface area contributed by atoms with Gasteiger partial charge in [-0.05, 0) is 11.1 Å². The Bertz CT molecular complexity index is 640. The first-order valence-electron chi connectivity index (χ1n) is 6.02. The van der Waals surface area contributed by atoms with Crippen molar-refractivity contribution in [3.8, 4) is 11.1 Å². The summed E-state index contributed by atoms with van der Waals surface area (Å²) in [6.07, 6.45) is 0. The molecule has 0 heterocycles. The molecule has 0 amide bonds. The predicted octanol–water partition coefficient (Wildman–Crippen LogP) is 1.93. The van der Waals surface area contributed by atoms with E-state index in [9.17, 15) is 8.42 Å². The second kappa shape index (κ2) is 5.86. The van der Waals surface area contributed by atoms with Gasteiger partial charge in [0.1, 0.15) is 0 Å². The average Bonchev–Trinajstić information content (AvgIpc) is 2.40. The molecule has 0 saturated carbocycles. The molecule has 0 unspecified atom stereocenters. The number of rotatable bonds is 5. The normalized spacial score (nSPS) is 11.2. The summed E-state index contributed by atoms with van der Waals surface area (Å²) in [5.74, 6) is -0.0316. The number of hydrogen-bond donors (Lipinski definition) is 1. The Balaban J connectivity index is 2.38. The molecule has 2 aromatic carbocycles. The molecule has 19 heavy (non-hydrogen) atoms. The van der Waals surface area contributed by atoms with Crippen molar-refractivity contribution in [3.05, 3.63) is 59.3 Å². The van der Waals surface area contributed by atoms with Gasteiger partial charge in [0, 0.05) is 0 Å². The van der Waals surface area contributed by atoms with Crippen molar-refractivity contribution in [2.24, 2.45) is 0 Å². The van der Waals surface area contributed by atoms with Crippen molar-refractivity contribution in [3.63, 3.8) is 0 Å². The molecule has 0 fully saturated rings. The van der Waals surface area contributed by atoms with Gasteiger partial charge in [-0.3, -0.25) is 0 Å². The van der Waals surface area contributed by atoms with Crippen LogP contribution in [-0.2, 0) is 10.0 Å². The fourth-order valence-electron chi connectivity index (χ4n) is 1.79. The first kappa shape index (κ1) is 13.6. The Kier molecular flexibility index (Phi) is 4.19. The summed E-state index contributed by atoms with van der Waals surface area (Å²) in [4.78, 5) is 0. The van der Waals surface area contributed by atoms with E-state index in [1.807, 2.05) is 42.5 Å². The summed E-state index contributed by atoms with van der Waals surface area (Å²) in [5, 5.41) is 0. The van der Waals surface area contributed by atoms with Crippen LogP contribution in [0.5, 0.6) is 0 Å². The highest BCUT2D eigenvalue weighted by molar-refractivity contribution is 7.94. The van der Waals surface area contributed by atoms with E-state index in [1.165, 1.54) is 0 Å². The van der Waals surface area contributed by atoms with Crippen molar-refractivity contribution in [1.82, 2.24) is 0 Å². The number of benzene rings is 2. The zero-order chi connectivity index (χ0) is 13.7. The highest BCUT2D eigenvalue weighted by atomic mass is 32.2. The minimum absolute atomic E-state index is 0.0316. The molecule has 0 bridgehead atoms. The van der Waals surface area contributed by atoms with Crippen LogP contribution in [0.4, 0.5) is 5.69 Å².